The van der Waals surface area contributed by atoms with Crippen molar-refractivity contribution in [3.05, 3.63) is 70.6 Å². The molecule has 0 bridgehead atoms. The Hall–Kier alpha value is -3.03. The van der Waals surface area contributed by atoms with E-state index in [0.29, 0.717) is 23.7 Å². The van der Waals surface area contributed by atoms with Crippen molar-refractivity contribution in [3.63, 3.8) is 0 Å². The summed E-state index contributed by atoms with van der Waals surface area (Å²) in [5, 5.41) is 5.17. The van der Waals surface area contributed by atoms with Gasteiger partial charge in [0.15, 0.2) is 10.7 Å². The Bertz CT molecular complexity index is 1080. The molecule has 6 nitrogen and oxygen atoms in total. The van der Waals surface area contributed by atoms with E-state index in [-0.39, 0.29) is 5.91 Å². The van der Waals surface area contributed by atoms with E-state index < -0.39 is 11.6 Å². The number of thiazole rings is 1. The third-order valence-corrected chi connectivity index (χ3v) is 5.89. The molecule has 30 heavy (non-hydrogen) atoms. The van der Waals surface area contributed by atoms with Crippen molar-refractivity contribution in [3.8, 4) is 11.3 Å². The minimum atomic E-state index is -1.28. The quantitative estimate of drug-likeness (QED) is 0.605. The number of amides is 1. The molecule has 0 aliphatic carbocycles. The summed E-state index contributed by atoms with van der Waals surface area (Å²) in [6, 6.07) is 15.3. The second-order valence-corrected chi connectivity index (χ2v) is 8.24. The number of ether oxygens (including phenoxy) is 2. The minimum Gasteiger partial charge on any atom is -0.445 e. The normalized spacial score (nSPS) is 17.9. The molecule has 4 rings (SSSR count). The van der Waals surface area contributed by atoms with E-state index in [9.17, 15) is 9.59 Å². The molecule has 7 heteroatoms. The summed E-state index contributed by atoms with van der Waals surface area (Å²) in [5.41, 5.74) is 2.98. The van der Waals surface area contributed by atoms with E-state index in [1.165, 1.54) is 16.9 Å². The number of nitrogens with zero attached hydrogens (tertiary/aromatic N) is 1. The van der Waals surface area contributed by atoms with E-state index in [2.05, 4.69) is 10.3 Å². The number of nitrogens with one attached hydrogen (secondary N) is 1. The molecule has 1 aromatic heterocycles. The Kier molecular flexibility index (Phi) is 5.65. The smallest absolute Gasteiger partial charge is 0.339 e. The first-order chi connectivity index (χ1) is 14.5. The van der Waals surface area contributed by atoms with Crippen molar-refractivity contribution in [2.75, 3.05) is 19.0 Å². The molecule has 2 heterocycles. The van der Waals surface area contributed by atoms with E-state index in [1.54, 1.807) is 26.2 Å². The largest absolute Gasteiger partial charge is 0.445 e. The van der Waals surface area contributed by atoms with Crippen LogP contribution in [0.2, 0.25) is 0 Å². The van der Waals surface area contributed by atoms with Crippen LogP contribution in [-0.2, 0) is 27.1 Å². The predicted molar refractivity (Wildman–Crippen MR) is 116 cm³/mol. The van der Waals surface area contributed by atoms with Gasteiger partial charge in [0.25, 0.3) is 5.91 Å². The second-order valence-electron chi connectivity index (χ2n) is 7.39. The monoisotopic (exact) mass is 422 g/mol. The van der Waals surface area contributed by atoms with Crippen molar-refractivity contribution >= 4 is 28.3 Å². The molecule has 0 radical (unpaired) electrons. The van der Waals surface area contributed by atoms with Gasteiger partial charge in [-0.3, -0.25) is 10.1 Å². The molecule has 1 aliphatic heterocycles. The summed E-state index contributed by atoms with van der Waals surface area (Å²) in [6.07, 6.45) is 1.18. The third kappa shape index (κ3) is 4.13. The minimum absolute atomic E-state index is 0.321. The van der Waals surface area contributed by atoms with Crippen LogP contribution >= 0.6 is 11.3 Å². The fourth-order valence-corrected chi connectivity index (χ4v) is 4.13. The Labute approximate surface area is 178 Å². The highest BCUT2D eigenvalue weighted by atomic mass is 32.1. The Morgan fingerprint density at radius 2 is 2.00 bits per heavy atom. The summed E-state index contributed by atoms with van der Waals surface area (Å²) in [4.78, 5) is 29.7. The van der Waals surface area contributed by atoms with Gasteiger partial charge in [-0.2, -0.15) is 0 Å². The van der Waals surface area contributed by atoms with Crippen LogP contribution in [-0.4, -0.2) is 36.2 Å². The van der Waals surface area contributed by atoms with Crippen molar-refractivity contribution in [2.45, 2.75) is 25.4 Å². The number of methoxy groups -OCH3 is 1. The van der Waals surface area contributed by atoms with Gasteiger partial charge in [-0.1, -0.05) is 42.5 Å². The van der Waals surface area contributed by atoms with Crippen molar-refractivity contribution in [2.24, 2.45) is 0 Å². The zero-order valence-corrected chi connectivity index (χ0v) is 17.6. The maximum absolute atomic E-state index is 12.9. The summed E-state index contributed by atoms with van der Waals surface area (Å²) >= 11 is 1.34. The number of esters is 1. The van der Waals surface area contributed by atoms with E-state index in [0.717, 1.165) is 23.2 Å². The molecular weight excluding hydrogens is 400 g/mol. The van der Waals surface area contributed by atoms with Crippen LogP contribution in [0.15, 0.2) is 53.9 Å². The molecule has 0 saturated heterocycles. The Morgan fingerprint density at radius 3 is 2.77 bits per heavy atom. The molecule has 0 saturated carbocycles. The fourth-order valence-electron chi connectivity index (χ4n) is 3.41. The van der Waals surface area contributed by atoms with Gasteiger partial charge in [0.05, 0.1) is 17.9 Å². The number of cyclic esters (lactones) is 1. The van der Waals surface area contributed by atoms with Crippen LogP contribution in [0.5, 0.6) is 0 Å². The van der Waals surface area contributed by atoms with Gasteiger partial charge >= 0.3 is 5.97 Å². The first-order valence-corrected chi connectivity index (χ1v) is 10.5. The van der Waals surface area contributed by atoms with Crippen LogP contribution in [0.3, 0.4) is 0 Å². The van der Waals surface area contributed by atoms with Gasteiger partial charge in [-0.15, -0.1) is 11.3 Å². The fraction of sp³-hybridized carbons (Fsp3) is 0.261. The third-order valence-electron chi connectivity index (χ3n) is 5.13. The molecule has 0 unspecified atom stereocenters. The maximum atomic E-state index is 12.9. The molecule has 0 spiro atoms. The first kappa shape index (κ1) is 20.3. The van der Waals surface area contributed by atoms with Crippen LogP contribution in [0, 0.1) is 0 Å². The average molecular weight is 423 g/mol. The van der Waals surface area contributed by atoms with Crippen molar-refractivity contribution in [1.82, 2.24) is 4.98 Å². The number of fused-ring (bicyclic) bond motifs is 1. The first-order valence-electron chi connectivity index (χ1n) is 9.65. The second kappa shape index (κ2) is 8.38. The highest BCUT2D eigenvalue weighted by molar-refractivity contribution is 7.14. The van der Waals surface area contributed by atoms with Gasteiger partial charge in [0.1, 0.15) is 0 Å². The molecule has 3 aromatic rings. The summed E-state index contributed by atoms with van der Waals surface area (Å²) in [5.74, 6) is -0.871. The number of anilines is 1. The van der Waals surface area contributed by atoms with E-state index in [4.69, 9.17) is 9.47 Å². The molecule has 1 atom stereocenters. The number of aromatic nitrogens is 1. The molecule has 2 aromatic carbocycles. The molecule has 1 aliphatic rings. The number of hydrogen-bond acceptors (Lipinski definition) is 6. The van der Waals surface area contributed by atoms with Crippen LogP contribution < -0.4 is 5.32 Å². The molecular formula is C23H22N2O4S. The van der Waals surface area contributed by atoms with E-state index >= 15 is 0 Å². The molecule has 154 valence electrons. The number of carbonyl (C=O) groups is 2. The van der Waals surface area contributed by atoms with Gasteiger partial charge in [0.2, 0.25) is 0 Å². The van der Waals surface area contributed by atoms with Gasteiger partial charge < -0.3 is 9.47 Å². The lowest BCUT2D eigenvalue weighted by Crippen LogP contribution is -2.48. The Balaban J connectivity index is 1.46. The van der Waals surface area contributed by atoms with Gasteiger partial charge in [-0.25, -0.2) is 9.78 Å². The lowest BCUT2D eigenvalue weighted by atomic mass is 9.89. The van der Waals surface area contributed by atoms with Crippen molar-refractivity contribution < 1.29 is 19.1 Å². The molecule has 1 amide bonds. The topological polar surface area (TPSA) is 77.5 Å². The summed E-state index contributed by atoms with van der Waals surface area (Å²) in [6.45, 7) is 2.31. The van der Waals surface area contributed by atoms with E-state index in [1.807, 2.05) is 41.8 Å². The zero-order chi connectivity index (χ0) is 21.1. The maximum Gasteiger partial charge on any atom is 0.339 e. The number of benzene rings is 2. The lowest BCUT2D eigenvalue weighted by molar-refractivity contribution is -0.134. The lowest BCUT2D eigenvalue weighted by Gasteiger charge is -2.32. The number of hydrogen-bond donors (Lipinski definition) is 1. The Morgan fingerprint density at radius 1 is 1.23 bits per heavy atom. The van der Waals surface area contributed by atoms with Crippen molar-refractivity contribution in [1.29, 1.82) is 0 Å². The predicted octanol–water partition coefficient (Wildman–Crippen LogP) is 4.11. The zero-order valence-electron chi connectivity index (χ0n) is 16.8. The SMILES string of the molecule is COCCc1ccc(-c2csc(NC(=O)[C@@]3(C)Cc4ccccc4C(=O)O3)n2)cc1. The van der Waals surface area contributed by atoms with Crippen LogP contribution in [0.4, 0.5) is 5.13 Å². The molecule has 0 fully saturated rings. The van der Waals surface area contributed by atoms with Gasteiger partial charge in [0, 0.05) is 24.5 Å². The summed E-state index contributed by atoms with van der Waals surface area (Å²) in [7, 11) is 1.69. The van der Waals surface area contributed by atoms with Gasteiger partial charge in [-0.05, 0) is 30.5 Å². The van der Waals surface area contributed by atoms with Crippen LogP contribution in [0.25, 0.3) is 11.3 Å². The standard InChI is InChI=1S/C23H22N2O4S/c1-23(13-17-5-3-4-6-18(17)20(26)29-23)21(27)25-22-24-19(14-30-22)16-9-7-15(8-10-16)11-12-28-2/h3-10,14H,11-13H2,1-2H3,(H,24,25,27)/t23-/m1/s1. The number of carbonyl (C=O) groups excluding carboxylic acids is 2. The average Bonchev–Trinajstić information content (AvgIpc) is 3.21. The highest BCUT2D eigenvalue weighted by Gasteiger charge is 2.42. The summed E-state index contributed by atoms with van der Waals surface area (Å²) < 4.78 is 10.6. The molecule has 1 N–H and O–H groups in total. The van der Waals surface area contributed by atoms with Crippen LogP contribution in [0.1, 0.15) is 28.4 Å². The highest BCUT2D eigenvalue weighted by Crippen LogP contribution is 2.31. The number of rotatable bonds is 6.